The van der Waals surface area contributed by atoms with Crippen LogP contribution in [0, 0.1) is 0 Å². The number of amides is 1. The highest BCUT2D eigenvalue weighted by Crippen LogP contribution is 2.28. The molecule has 3 rings (SSSR count). The normalized spacial score (nSPS) is 10.6. The molecule has 7 nitrogen and oxygen atoms in total. The molecular formula is C16H16N6OS2. The Balaban J connectivity index is 1.73. The summed E-state index contributed by atoms with van der Waals surface area (Å²) in [7, 11) is 0. The first kappa shape index (κ1) is 17.2. The van der Waals surface area contributed by atoms with Crippen molar-refractivity contribution in [2.75, 3.05) is 22.9 Å². The lowest BCUT2D eigenvalue weighted by atomic mass is 10.2. The van der Waals surface area contributed by atoms with E-state index in [1.807, 2.05) is 35.7 Å². The lowest BCUT2D eigenvalue weighted by Crippen LogP contribution is -2.32. The Kier molecular flexibility index (Phi) is 5.46. The van der Waals surface area contributed by atoms with Crippen LogP contribution in [-0.4, -0.2) is 38.4 Å². The van der Waals surface area contributed by atoms with E-state index in [1.54, 1.807) is 11.0 Å². The van der Waals surface area contributed by atoms with Gasteiger partial charge in [-0.25, -0.2) is 10.1 Å². The van der Waals surface area contributed by atoms with Crippen molar-refractivity contribution in [1.29, 1.82) is 0 Å². The van der Waals surface area contributed by atoms with E-state index >= 15 is 0 Å². The summed E-state index contributed by atoms with van der Waals surface area (Å²) in [5.74, 6) is 0.318. The standard InChI is InChI=1S/C16H16N6OS2/c1-2-8-22(13(23)10-24-15-19-14(17)20-21-15)16-18-12(9-25-16)11-6-4-3-5-7-11/h2-7,9H,1,8,10H2,(H3,17,19,20,21). The van der Waals surface area contributed by atoms with E-state index < -0.39 is 0 Å². The third kappa shape index (κ3) is 4.25. The Labute approximate surface area is 153 Å². The van der Waals surface area contributed by atoms with Gasteiger partial charge in [-0.2, -0.15) is 4.98 Å². The second-order valence-corrected chi connectivity index (χ2v) is 6.75. The summed E-state index contributed by atoms with van der Waals surface area (Å²) in [6.45, 7) is 4.11. The first-order chi connectivity index (χ1) is 12.2. The molecule has 0 fully saturated rings. The summed E-state index contributed by atoms with van der Waals surface area (Å²) in [6, 6.07) is 9.85. The topological polar surface area (TPSA) is 101 Å². The molecule has 0 atom stereocenters. The summed E-state index contributed by atoms with van der Waals surface area (Å²) in [5.41, 5.74) is 7.34. The van der Waals surface area contributed by atoms with E-state index in [0.29, 0.717) is 16.8 Å². The molecule has 3 aromatic rings. The number of aromatic amines is 1. The van der Waals surface area contributed by atoms with Gasteiger partial charge in [-0.05, 0) is 0 Å². The van der Waals surface area contributed by atoms with Crippen LogP contribution in [0.25, 0.3) is 11.3 Å². The van der Waals surface area contributed by atoms with E-state index in [-0.39, 0.29) is 17.6 Å². The molecule has 0 unspecified atom stereocenters. The Morgan fingerprint density at radius 3 is 2.84 bits per heavy atom. The Bertz CT molecular complexity index is 860. The fourth-order valence-corrected chi connectivity index (χ4v) is 3.61. The van der Waals surface area contributed by atoms with Crippen LogP contribution >= 0.6 is 23.1 Å². The van der Waals surface area contributed by atoms with Gasteiger partial charge in [0.15, 0.2) is 5.13 Å². The monoisotopic (exact) mass is 372 g/mol. The molecule has 128 valence electrons. The zero-order chi connectivity index (χ0) is 17.6. The maximum Gasteiger partial charge on any atom is 0.239 e. The van der Waals surface area contributed by atoms with Crippen molar-refractivity contribution >= 4 is 40.1 Å². The van der Waals surface area contributed by atoms with Gasteiger partial charge < -0.3 is 5.73 Å². The van der Waals surface area contributed by atoms with E-state index in [2.05, 4.69) is 26.7 Å². The molecule has 2 aromatic heterocycles. The number of rotatable bonds is 7. The summed E-state index contributed by atoms with van der Waals surface area (Å²) in [6.07, 6.45) is 1.68. The summed E-state index contributed by atoms with van der Waals surface area (Å²) in [5, 5.41) is 9.47. The third-order valence-electron chi connectivity index (χ3n) is 3.21. The zero-order valence-corrected chi connectivity index (χ0v) is 14.9. The van der Waals surface area contributed by atoms with Crippen molar-refractivity contribution in [2.24, 2.45) is 0 Å². The van der Waals surface area contributed by atoms with Crippen LogP contribution in [0.1, 0.15) is 0 Å². The first-order valence-corrected chi connectivity index (χ1v) is 9.27. The summed E-state index contributed by atoms with van der Waals surface area (Å²) in [4.78, 5) is 22.8. The SMILES string of the molecule is C=CCN(C(=O)CSc1n[nH]c(N)n1)c1nc(-c2ccccc2)cs1. The number of nitrogen functional groups attached to an aromatic ring is 1. The van der Waals surface area contributed by atoms with Crippen LogP contribution in [0.3, 0.4) is 0 Å². The summed E-state index contributed by atoms with van der Waals surface area (Å²) < 4.78 is 0. The van der Waals surface area contributed by atoms with Crippen molar-refractivity contribution in [2.45, 2.75) is 5.16 Å². The van der Waals surface area contributed by atoms with Crippen molar-refractivity contribution in [3.63, 3.8) is 0 Å². The smallest absolute Gasteiger partial charge is 0.239 e. The van der Waals surface area contributed by atoms with Gasteiger partial charge in [0.2, 0.25) is 17.0 Å². The van der Waals surface area contributed by atoms with Crippen LogP contribution in [0.2, 0.25) is 0 Å². The predicted octanol–water partition coefficient (Wildman–Crippen LogP) is 2.82. The zero-order valence-electron chi connectivity index (χ0n) is 13.3. The van der Waals surface area contributed by atoms with E-state index in [0.717, 1.165) is 11.3 Å². The highest BCUT2D eigenvalue weighted by atomic mass is 32.2. The number of aromatic nitrogens is 4. The van der Waals surface area contributed by atoms with Gasteiger partial charge in [0.25, 0.3) is 0 Å². The number of hydrogen-bond donors (Lipinski definition) is 2. The number of nitrogens with two attached hydrogens (primary N) is 1. The minimum atomic E-state index is -0.0952. The molecule has 0 spiro atoms. The molecule has 0 saturated heterocycles. The molecule has 3 N–H and O–H groups in total. The second kappa shape index (κ2) is 7.95. The number of anilines is 2. The molecule has 0 saturated carbocycles. The highest BCUT2D eigenvalue weighted by Gasteiger charge is 2.19. The molecule has 1 amide bonds. The predicted molar refractivity (Wildman–Crippen MR) is 102 cm³/mol. The maximum absolute atomic E-state index is 12.6. The Morgan fingerprint density at radius 1 is 1.36 bits per heavy atom. The molecule has 0 aliphatic carbocycles. The Hall–Kier alpha value is -2.65. The van der Waals surface area contributed by atoms with Crippen LogP contribution < -0.4 is 10.6 Å². The van der Waals surface area contributed by atoms with Crippen molar-refractivity contribution in [1.82, 2.24) is 20.2 Å². The van der Waals surface area contributed by atoms with E-state index in [1.165, 1.54) is 23.1 Å². The molecular weight excluding hydrogens is 356 g/mol. The van der Waals surface area contributed by atoms with Crippen LogP contribution in [0.4, 0.5) is 11.1 Å². The minimum absolute atomic E-state index is 0.0952. The van der Waals surface area contributed by atoms with Crippen molar-refractivity contribution in [3.8, 4) is 11.3 Å². The third-order valence-corrected chi connectivity index (χ3v) is 4.91. The number of benzene rings is 1. The lowest BCUT2D eigenvalue weighted by Gasteiger charge is -2.17. The number of hydrogen-bond acceptors (Lipinski definition) is 7. The molecule has 0 aliphatic heterocycles. The van der Waals surface area contributed by atoms with Crippen LogP contribution in [0.5, 0.6) is 0 Å². The number of carbonyl (C=O) groups excluding carboxylic acids is 1. The highest BCUT2D eigenvalue weighted by molar-refractivity contribution is 7.99. The van der Waals surface area contributed by atoms with Crippen molar-refractivity contribution < 1.29 is 4.79 Å². The lowest BCUT2D eigenvalue weighted by molar-refractivity contribution is -0.116. The van der Waals surface area contributed by atoms with E-state index in [9.17, 15) is 4.79 Å². The van der Waals surface area contributed by atoms with Crippen molar-refractivity contribution in [3.05, 3.63) is 48.4 Å². The second-order valence-electron chi connectivity index (χ2n) is 4.97. The number of carbonyl (C=O) groups is 1. The van der Waals surface area contributed by atoms with Gasteiger partial charge in [-0.15, -0.1) is 23.0 Å². The summed E-state index contributed by atoms with van der Waals surface area (Å²) >= 11 is 2.65. The molecule has 2 heterocycles. The molecule has 0 aliphatic rings. The molecule has 0 radical (unpaired) electrons. The quantitative estimate of drug-likeness (QED) is 0.488. The number of nitrogens with zero attached hydrogens (tertiary/aromatic N) is 4. The number of thioether (sulfide) groups is 1. The van der Waals surface area contributed by atoms with E-state index in [4.69, 9.17) is 5.73 Å². The largest absolute Gasteiger partial charge is 0.368 e. The maximum atomic E-state index is 12.6. The van der Waals surface area contributed by atoms with Crippen LogP contribution in [0.15, 0.2) is 53.5 Å². The van der Waals surface area contributed by atoms with Gasteiger partial charge in [0.05, 0.1) is 11.4 Å². The average Bonchev–Trinajstić information content (AvgIpc) is 3.27. The molecule has 1 aromatic carbocycles. The van der Waals surface area contributed by atoms with Crippen LogP contribution in [-0.2, 0) is 4.79 Å². The van der Waals surface area contributed by atoms with Gasteiger partial charge in [0.1, 0.15) is 0 Å². The molecule has 0 bridgehead atoms. The fraction of sp³-hybridized carbons (Fsp3) is 0.125. The molecule has 9 heteroatoms. The minimum Gasteiger partial charge on any atom is -0.368 e. The molecule has 25 heavy (non-hydrogen) atoms. The van der Waals surface area contributed by atoms with Gasteiger partial charge in [-0.3, -0.25) is 9.69 Å². The van der Waals surface area contributed by atoms with Gasteiger partial charge in [-0.1, -0.05) is 48.2 Å². The Morgan fingerprint density at radius 2 is 2.16 bits per heavy atom. The van der Waals surface area contributed by atoms with Gasteiger partial charge in [0, 0.05) is 17.5 Å². The average molecular weight is 372 g/mol. The number of thiazole rings is 1. The van der Waals surface area contributed by atoms with Gasteiger partial charge >= 0.3 is 0 Å². The fourth-order valence-electron chi connectivity index (χ4n) is 2.07. The number of H-pyrrole nitrogens is 1. The number of nitrogens with one attached hydrogen (secondary N) is 1. The first-order valence-electron chi connectivity index (χ1n) is 7.40.